The van der Waals surface area contributed by atoms with Crippen molar-refractivity contribution in [1.82, 2.24) is 0 Å². The number of nitrogens with zero attached hydrogens (tertiary/aromatic N) is 1. The number of hydrogen-bond donors (Lipinski definition) is 1. The molecule has 0 saturated carbocycles. The third kappa shape index (κ3) is 3.30. The first kappa shape index (κ1) is 16.2. The Morgan fingerprint density at radius 1 is 1.12 bits per heavy atom. The fourth-order valence-electron chi connectivity index (χ4n) is 3.01. The lowest BCUT2D eigenvalue weighted by Crippen LogP contribution is -2.39. The molecular weight excluding hydrogens is 304 g/mol. The van der Waals surface area contributed by atoms with Crippen LogP contribution in [0.1, 0.15) is 12.0 Å². The summed E-state index contributed by atoms with van der Waals surface area (Å²) in [6.07, 6.45) is 2.03. The van der Waals surface area contributed by atoms with Crippen molar-refractivity contribution in [2.24, 2.45) is 0 Å². The maximum absolute atomic E-state index is 12.6. The van der Waals surface area contributed by atoms with Gasteiger partial charge in [0, 0.05) is 24.0 Å². The predicted octanol–water partition coefficient (Wildman–Crippen LogP) is 3.10. The quantitative estimate of drug-likeness (QED) is 0.917. The van der Waals surface area contributed by atoms with E-state index in [1.165, 1.54) is 5.56 Å². The van der Waals surface area contributed by atoms with E-state index in [2.05, 4.69) is 11.4 Å². The van der Waals surface area contributed by atoms with E-state index in [1.54, 1.807) is 14.2 Å². The molecule has 2 aromatic rings. The Hall–Kier alpha value is -2.69. The fourth-order valence-corrected chi connectivity index (χ4v) is 3.01. The normalized spacial score (nSPS) is 13.2. The summed E-state index contributed by atoms with van der Waals surface area (Å²) in [7, 11) is 3.19. The topological polar surface area (TPSA) is 50.8 Å². The van der Waals surface area contributed by atoms with Gasteiger partial charge < -0.3 is 19.7 Å². The van der Waals surface area contributed by atoms with Crippen LogP contribution in [-0.2, 0) is 11.2 Å². The molecule has 0 aromatic heterocycles. The summed E-state index contributed by atoms with van der Waals surface area (Å²) in [4.78, 5) is 14.5. The molecule has 1 aliphatic rings. The third-order valence-corrected chi connectivity index (χ3v) is 4.24. The number of carbonyl (C=O) groups is 1. The van der Waals surface area contributed by atoms with Gasteiger partial charge in [0.25, 0.3) is 0 Å². The monoisotopic (exact) mass is 326 g/mol. The molecule has 0 fully saturated rings. The Kier molecular flexibility index (Phi) is 4.89. The third-order valence-electron chi connectivity index (χ3n) is 4.24. The lowest BCUT2D eigenvalue weighted by atomic mass is 10.0. The largest absolute Gasteiger partial charge is 0.493 e. The zero-order valence-electron chi connectivity index (χ0n) is 14.0. The van der Waals surface area contributed by atoms with Crippen LogP contribution in [0, 0.1) is 0 Å². The molecular formula is C19H22N2O3. The maximum Gasteiger partial charge on any atom is 0.246 e. The molecule has 0 unspecified atom stereocenters. The van der Waals surface area contributed by atoms with Gasteiger partial charge in [-0.05, 0) is 36.6 Å². The number of carbonyl (C=O) groups excluding carboxylic acids is 1. The van der Waals surface area contributed by atoms with Crippen LogP contribution in [0.4, 0.5) is 11.4 Å². The van der Waals surface area contributed by atoms with Gasteiger partial charge in [0.1, 0.15) is 0 Å². The zero-order valence-corrected chi connectivity index (χ0v) is 14.0. The second-order valence-corrected chi connectivity index (χ2v) is 5.70. The van der Waals surface area contributed by atoms with Crippen LogP contribution in [0.5, 0.6) is 11.5 Å². The van der Waals surface area contributed by atoms with Gasteiger partial charge in [0.05, 0.1) is 20.8 Å². The fraction of sp³-hybridized carbons (Fsp3) is 0.316. The van der Waals surface area contributed by atoms with E-state index < -0.39 is 0 Å². The van der Waals surface area contributed by atoms with Crippen LogP contribution in [0.3, 0.4) is 0 Å². The van der Waals surface area contributed by atoms with Crippen LogP contribution < -0.4 is 19.7 Å². The van der Waals surface area contributed by atoms with Gasteiger partial charge >= 0.3 is 0 Å². The highest BCUT2D eigenvalue weighted by molar-refractivity contribution is 5.97. The minimum atomic E-state index is 0.0666. The smallest absolute Gasteiger partial charge is 0.246 e. The van der Waals surface area contributed by atoms with Crippen molar-refractivity contribution >= 4 is 17.3 Å². The molecule has 1 heterocycles. The molecule has 1 amide bonds. The molecule has 5 heteroatoms. The highest BCUT2D eigenvalue weighted by Gasteiger charge is 2.21. The lowest BCUT2D eigenvalue weighted by Gasteiger charge is -2.29. The Morgan fingerprint density at radius 2 is 1.92 bits per heavy atom. The summed E-state index contributed by atoms with van der Waals surface area (Å²) < 4.78 is 10.5. The number of methoxy groups -OCH3 is 2. The van der Waals surface area contributed by atoms with Gasteiger partial charge in [-0.1, -0.05) is 18.2 Å². The first-order valence-corrected chi connectivity index (χ1v) is 8.07. The molecule has 0 radical (unpaired) electrons. The van der Waals surface area contributed by atoms with Crippen molar-refractivity contribution in [3.63, 3.8) is 0 Å². The average molecular weight is 326 g/mol. The van der Waals surface area contributed by atoms with Gasteiger partial charge in [-0.3, -0.25) is 4.79 Å². The summed E-state index contributed by atoms with van der Waals surface area (Å²) >= 11 is 0. The average Bonchev–Trinajstić information content (AvgIpc) is 2.65. The molecule has 0 aliphatic carbocycles. The van der Waals surface area contributed by atoms with Crippen LogP contribution in [-0.4, -0.2) is 33.2 Å². The van der Waals surface area contributed by atoms with E-state index in [-0.39, 0.29) is 12.5 Å². The van der Waals surface area contributed by atoms with E-state index in [0.717, 1.165) is 30.8 Å². The second-order valence-electron chi connectivity index (χ2n) is 5.70. The molecule has 1 aliphatic heterocycles. The van der Waals surface area contributed by atoms with Gasteiger partial charge in [0.2, 0.25) is 5.91 Å². The van der Waals surface area contributed by atoms with E-state index in [0.29, 0.717) is 11.5 Å². The number of nitrogens with one attached hydrogen (secondary N) is 1. The Labute approximate surface area is 142 Å². The Morgan fingerprint density at radius 3 is 2.71 bits per heavy atom. The molecule has 3 rings (SSSR count). The molecule has 24 heavy (non-hydrogen) atoms. The van der Waals surface area contributed by atoms with E-state index in [1.807, 2.05) is 41.3 Å². The molecule has 126 valence electrons. The van der Waals surface area contributed by atoms with E-state index >= 15 is 0 Å². The van der Waals surface area contributed by atoms with Gasteiger partial charge in [-0.25, -0.2) is 0 Å². The number of amides is 1. The molecule has 0 spiro atoms. The number of anilines is 2. The number of ether oxygens (including phenoxy) is 2. The van der Waals surface area contributed by atoms with Crippen molar-refractivity contribution in [3.8, 4) is 11.5 Å². The van der Waals surface area contributed by atoms with Gasteiger partial charge in [-0.15, -0.1) is 0 Å². The maximum atomic E-state index is 12.6. The van der Waals surface area contributed by atoms with Crippen LogP contribution in [0.15, 0.2) is 42.5 Å². The summed E-state index contributed by atoms with van der Waals surface area (Å²) in [6, 6.07) is 13.6. The summed E-state index contributed by atoms with van der Waals surface area (Å²) in [5.74, 6) is 1.37. The molecule has 1 N–H and O–H groups in total. The van der Waals surface area contributed by atoms with E-state index in [4.69, 9.17) is 9.47 Å². The number of hydrogen-bond acceptors (Lipinski definition) is 4. The Balaban J connectivity index is 1.68. The Bertz CT molecular complexity index is 730. The molecule has 0 bridgehead atoms. The second kappa shape index (κ2) is 7.25. The van der Waals surface area contributed by atoms with Crippen molar-refractivity contribution in [2.75, 3.05) is 37.5 Å². The summed E-state index contributed by atoms with van der Waals surface area (Å²) in [6.45, 7) is 1.01. The van der Waals surface area contributed by atoms with Crippen LogP contribution >= 0.6 is 0 Å². The predicted molar refractivity (Wildman–Crippen MR) is 95.2 cm³/mol. The highest BCUT2D eigenvalue weighted by atomic mass is 16.5. The van der Waals surface area contributed by atoms with Gasteiger partial charge in [-0.2, -0.15) is 0 Å². The minimum absolute atomic E-state index is 0.0666. The lowest BCUT2D eigenvalue weighted by molar-refractivity contribution is -0.117. The number of fused-ring (bicyclic) bond motifs is 1. The minimum Gasteiger partial charge on any atom is -0.493 e. The van der Waals surface area contributed by atoms with Crippen molar-refractivity contribution in [3.05, 3.63) is 48.0 Å². The van der Waals surface area contributed by atoms with Gasteiger partial charge in [0.15, 0.2) is 11.5 Å². The van der Waals surface area contributed by atoms with Crippen molar-refractivity contribution in [2.45, 2.75) is 12.8 Å². The van der Waals surface area contributed by atoms with Crippen LogP contribution in [0.25, 0.3) is 0 Å². The molecule has 0 saturated heterocycles. The van der Waals surface area contributed by atoms with E-state index in [9.17, 15) is 4.79 Å². The zero-order chi connectivity index (χ0) is 16.9. The van der Waals surface area contributed by atoms with Crippen molar-refractivity contribution in [1.29, 1.82) is 0 Å². The SMILES string of the molecule is COc1ccc(NCC(=O)N2CCCc3ccccc32)cc1OC. The highest BCUT2D eigenvalue weighted by Crippen LogP contribution is 2.30. The van der Waals surface area contributed by atoms with Crippen LogP contribution in [0.2, 0.25) is 0 Å². The number of rotatable bonds is 5. The first-order valence-electron chi connectivity index (χ1n) is 8.07. The molecule has 2 aromatic carbocycles. The number of aryl methyl sites for hydroxylation is 1. The summed E-state index contributed by atoms with van der Waals surface area (Å²) in [5, 5.41) is 3.17. The number of para-hydroxylation sites is 1. The number of benzene rings is 2. The molecule has 0 atom stereocenters. The van der Waals surface area contributed by atoms with Crippen molar-refractivity contribution < 1.29 is 14.3 Å². The summed E-state index contributed by atoms with van der Waals surface area (Å²) in [5.41, 5.74) is 3.09. The standard InChI is InChI=1S/C19H22N2O3/c1-23-17-10-9-15(12-18(17)24-2)20-13-19(22)21-11-5-7-14-6-3-4-8-16(14)21/h3-4,6,8-10,12,20H,5,7,11,13H2,1-2H3. The first-order chi connectivity index (χ1) is 11.7. The molecule has 5 nitrogen and oxygen atoms in total.